The van der Waals surface area contributed by atoms with Crippen LogP contribution in [0.15, 0.2) is 73.4 Å². The second kappa shape index (κ2) is 10.1. The number of benzene rings is 1. The minimum Gasteiger partial charge on any atom is -0.183 e. The second-order valence-electron chi connectivity index (χ2n) is 2.85. The molecule has 16 heavy (non-hydrogen) atoms. The Bertz CT molecular complexity index is 358. The van der Waals surface area contributed by atoms with Crippen molar-refractivity contribution in [2.75, 3.05) is 6.26 Å². The molecule has 1 heteroatoms. The fourth-order valence-corrected chi connectivity index (χ4v) is 1.08. The van der Waals surface area contributed by atoms with E-state index in [0.29, 0.717) is 0 Å². The SMILES string of the molecule is C=C/C=C(C=C)/C=C/c1ccccc1.CS. The van der Waals surface area contributed by atoms with Crippen LogP contribution in [-0.2, 0) is 0 Å². The Morgan fingerprint density at radius 1 is 1.12 bits per heavy atom. The molecule has 0 saturated carbocycles. The van der Waals surface area contributed by atoms with Gasteiger partial charge in [-0.3, -0.25) is 0 Å². The van der Waals surface area contributed by atoms with Crippen LogP contribution < -0.4 is 0 Å². The minimum absolute atomic E-state index is 1.06. The molecule has 84 valence electrons. The van der Waals surface area contributed by atoms with Crippen LogP contribution in [0.2, 0.25) is 0 Å². The van der Waals surface area contributed by atoms with E-state index in [1.54, 1.807) is 18.4 Å². The average Bonchev–Trinajstić information content (AvgIpc) is 2.38. The molecule has 0 nitrogen and oxygen atoms in total. The maximum absolute atomic E-state index is 3.72. The number of allylic oxidation sites excluding steroid dienone is 5. The zero-order valence-corrected chi connectivity index (χ0v) is 10.5. The van der Waals surface area contributed by atoms with Gasteiger partial charge in [0.2, 0.25) is 0 Å². The first-order valence-electron chi connectivity index (χ1n) is 5.00. The molecule has 0 bridgehead atoms. The first-order chi connectivity index (χ1) is 7.86. The summed E-state index contributed by atoms with van der Waals surface area (Å²) in [4.78, 5) is 0. The van der Waals surface area contributed by atoms with Gasteiger partial charge in [-0.15, -0.1) is 0 Å². The van der Waals surface area contributed by atoms with Crippen molar-refractivity contribution in [3.05, 3.63) is 78.9 Å². The summed E-state index contributed by atoms with van der Waals surface area (Å²) in [5.41, 5.74) is 2.24. The zero-order valence-electron chi connectivity index (χ0n) is 9.63. The maximum atomic E-state index is 3.72. The summed E-state index contributed by atoms with van der Waals surface area (Å²) in [5.74, 6) is 0. The summed E-state index contributed by atoms with van der Waals surface area (Å²) in [5, 5.41) is 0. The molecule has 0 fully saturated rings. The third kappa shape index (κ3) is 6.10. The summed E-state index contributed by atoms with van der Waals surface area (Å²) >= 11 is 3.53. The number of rotatable bonds is 4. The van der Waals surface area contributed by atoms with Gasteiger partial charge >= 0.3 is 0 Å². The van der Waals surface area contributed by atoms with E-state index in [4.69, 9.17) is 0 Å². The van der Waals surface area contributed by atoms with E-state index in [9.17, 15) is 0 Å². The molecule has 1 rings (SSSR count). The third-order valence-electron chi connectivity index (χ3n) is 1.81. The van der Waals surface area contributed by atoms with Crippen LogP contribution in [0.25, 0.3) is 6.08 Å². The monoisotopic (exact) mass is 230 g/mol. The lowest BCUT2D eigenvalue weighted by Crippen LogP contribution is -1.71. The molecular weight excluding hydrogens is 212 g/mol. The highest BCUT2D eigenvalue weighted by molar-refractivity contribution is 7.79. The molecule has 0 N–H and O–H groups in total. The van der Waals surface area contributed by atoms with Gasteiger partial charge in [-0.05, 0) is 17.4 Å². The lowest BCUT2D eigenvalue weighted by atomic mass is 10.1. The molecule has 0 heterocycles. The van der Waals surface area contributed by atoms with E-state index in [-0.39, 0.29) is 0 Å². The molecular formula is C15H18S. The molecule has 0 aromatic heterocycles. The molecule has 1 aromatic carbocycles. The number of thiol groups is 1. The fraction of sp³-hybridized carbons (Fsp3) is 0.0667. The summed E-state index contributed by atoms with van der Waals surface area (Å²) in [6.07, 6.45) is 11.3. The lowest BCUT2D eigenvalue weighted by molar-refractivity contribution is 1.64. The van der Waals surface area contributed by atoms with Crippen molar-refractivity contribution in [1.29, 1.82) is 0 Å². The van der Waals surface area contributed by atoms with Gasteiger partial charge in [0, 0.05) is 0 Å². The quantitative estimate of drug-likeness (QED) is 0.569. The van der Waals surface area contributed by atoms with E-state index in [0.717, 1.165) is 5.57 Å². The molecule has 0 radical (unpaired) electrons. The highest BCUT2D eigenvalue weighted by atomic mass is 32.1. The topological polar surface area (TPSA) is 0 Å². The van der Waals surface area contributed by atoms with Crippen molar-refractivity contribution in [2.45, 2.75) is 0 Å². The Labute approximate surface area is 104 Å². The van der Waals surface area contributed by atoms with Gasteiger partial charge in [-0.25, -0.2) is 0 Å². The summed E-state index contributed by atoms with van der Waals surface area (Å²) in [6, 6.07) is 10.2. The van der Waals surface area contributed by atoms with Crippen LogP contribution in [0.3, 0.4) is 0 Å². The molecule has 0 unspecified atom stereocenters. The van der Waals surface area contributed by atoms with Gasteiger partial charge < -0.3 is 0 Å². The molecule has 0 amide bonds. The Morgan fingerprint density at radius 2 is 1.75 bits per heavy atom. The standard InChI is InChI=1S/C14H14.CH4S/c1-3-8-13(4-2)11-12-14-9-6-5-7-10-14;1-2/h3-12H,1-2H2;2H,1H3/b12-11+,13-8+;. The number of hydrogen-bond acceptors (Lipinski definition) is 1. The Morgan fingerprint density at radius 3 is 2.25 bits per heavy atom. The van der Waals surface area contributed by atoms with Gasteiger partial charge in [-0.1, -0.05) is 73.9 Å². The van der Waals surface area contributed by atoms with Gasteiger partial charge in [-0.2, -0.15) is 12.6 Å². The summed E-state index contributed by atoms with van der Waals surface area (Å²) < 4.78 is 0. The van der Waals surface area contributed by atoms with Crippen LogP contribution in [-0.4, -0.2) is 6.26 Å². The normalized spacial score (nSPS) is 10.5. The first-order valence-corrected chi connectivity index (χ1v) is 5.89. The van der Waals surface area contributed by atoms with Crippen LogP contribution in [0.1, 0.15) is 5.56 Å². The smallest absolute Gasteiger partial charge is 0.0215 e. The van der Waals surface area contributed by atoms with Crippen LogP contribution in [0, 0.1) is 0 Å². The van der Waals surface area contributed by atoms with E-state index in [1.807, 2.05) is 30.4 Å². The van der Waals surface area contributed by atoms with Crippen molar-refractivity contribution >= 4 is 18.7 Å². The van der Waals surface area contributed by atoms with Crippen molar-refractivity contribution in [3.63, 3.8) is 0 Å². The predicted molar refractivity (Wildman–Crippen MR) is 78.9 cm³/mol. The molecule has 0 spiro atoms. The van der Waals surface area contributed by atoms with E-state index >= 15 is 0 Å². The highest BCUT2D eigenvalue weighted by Crippen LogP contribution is 2.05. The molecule has 0 aliphatic rings. The predicted octanol–water partition coefficient (Wildman–Crippen LogP) is 4.54. The minimum atomic E-state index is 1.06. The summed E-state index contributed by atoms with van der Waals surface area (Å²) in [6.45, 7) is 7.37. The van der Waals surface area contributed by atoms with E-state index in [2.05, 4.69) is 44.0 Å². The lowest BCUT2D eigenvalue weighted by Gasteiger charge is -1.92. The maximum Gasteiger partial charge on any atom is -0.0215 e. The second-order valence-corrected chi connectivity index (χ2v) is 2.85. The van der Waals surface area contributed by atoms with Crippen molar-refractivity contribution in [2.24, 2.45) is 0 Å². The Hall–Kier alpha value is -1.47. The fourth-order valence-electron chi connectivity index (χ4n) is 1.08. The number of hydrogen-bond donors (Lipinski definition) is 1. The third-order valence-corrected chi connectivity index (χ3v) is 1.81. The van der Waals surface area contributed by atoms with Crippen LogP contribution >= 0.6 is 12.6 Å². The summed E-state index contributed by atoms with van der Waals surface area (Å²) in [7, 11) is 0. The average molecular weight is 230 g/mol. The highest BCUT2D eigenvalue weighted by Gasteiger charge is 1.84. The van der Waals surface area contributed by atoms with Crippen molar-refractivity contribution in [1.82, 2.24) is 0 Å². The molecule has 1 aromatic rings. The van der Waals surface area contributed by atoms with E-state index < -0.39 is 0 Å². The van der Waals surface area contributed by atoms with Crippen LogP contribution in [0.4, 0.5) is 0 Å². The van der Waals surface area contributed by atoms with Crippen molar-refractivity contribution < 1.29 is 0 Å². The Kier molecular flexibility index (Phi) is 9.14. The van der Waals surface area contributed by atoms with Crippen LogP contribution in [0.5, 0.6) is 0 Å². The van der Waals surface area contributed by atoms with Gasteiger partial charge in [0.1, 0.15) is 0 Å². The largest absolute Gasteiger partial charge is 0.183 e. The molecule has 0 aliphatic heterocycles. The zero-order chi connectivity index (χ0) is 12.2. The van der Waals surface area contributed by atoms with Crippen molar-refractivity contribution in [3.8, 4) is 0 Å². The van der Waals surface area contributed by atoms with Gasteiger partial charge in [0.25, 0.3) is 0 Å². The van der Waals surface area contributed by atoms with Gasteiger partial charge in [0.05, 0.1) is 0 Å². The molecule has 0 aliphatic carbocycles. The molecule has 0 saturated heterocycles. The first kappa shape index (κ1) is 14.5. The van der Waals surface area contributed by atoms with Gasteiger partial charge in [0.15, 0.2) is 0 Å². The molecule has 0 atom stereocenters. The van der Waals surface area contributed by atoms with E-state index in [1.165, 1.54) is 5.56 Å². The Balaban J connectivity index is 0.00000106.